The van der Waals surface area contributed by atoms with E-state index in [4.69, 9.17) is 23.7 Å². The van der Waals surface area contributed by atoms with Gasteiger partial charge in [0.05, 0.1) is 56.9 Å². The van der Waals surface area contributed by atoms with Gasteiger partial charge in [0, 0.05) is 0 Å². The molecule has 0 rings (SSSR count). The fourth-order valence-corrected chi connectivity index (χ4v) is 1.80. The number of rotatable bonds is 14. The molecule has 0 fully saturated rings. The molecule has 0 aliphatic carbocycles. The molecule has 5 nitrogen and oxygen atoms in total. The van der Waals surface area contributed by atoms with Crippen LogP contribution >= 0.6 is 0 Å². The molecule has 0 saturated heterocycles. The molecule has 0 N–H and O–H groups in total. The summed E-state index contributed by atoms with van der Waals surface area (Å²) in [5.41, 5.74) is -0.344. The molecule has 23 heavy (non-hydrogen) atoms. The molecule has 5 heteroatoms. The summed E-state index contributed by atoms with van der Waals surface area (Å²) in [7, 11) is 0. The first kappa shape index (κ1) is 22.8. The lowest BCUT2D eigenvalue weighted by molar-refractivity contribution is -0.141. The molecule has 0 amide bonds. The summed E-state index contributed by atoms with van der Waals surface area (Å²) in [4.78, 5) is 0. The molecule has 0 aromatic carbocycles. The van der Waals surface area contributed by atoms with Crippen molar-refractivity contribution in [1.82, 2.24) is 0 Å². The molecule has 0 aliphatic heterocycles. The predicted octanol–water partition coefficient (Wildman–Crippen LogP) is 3.44. The van der Waals surface area contributed by atoms with Crippen LogP contribution in [0, 0.1) is 0 Å². The first-order chi connectivity index (χ1) is 10.6. The van der Waals surface area contributed by atoms with Gasteiger partial charge in [-0.25, -0.2) is 0 Å². The Labute approximate surface area is 143 Å². The van der Waals surface area contributed by atoms with Crippen molar-refractivity contribution in [1.29, 1.82) is 0 Å². The van der Waals surface area contributed by atoms with Crippen LogP contribution in [-0.2, 0) is 23.7 Å². The normalized spacial score (nSPS) is 14.2. The topological polar surface area (TPSA) is 46.2 Å². The minimum absolute atomic E-state index is 0.0904. The van der Waals surface area contributed by atoms with Crippen LogP contribution in [0.3, 0.4) is 0 Å². The Bertz CT molecular complexity index is 277. The lowest BCUT2D eigenvalue weighted by atomic mass is 10.1. The van der Waals surface area contributed by atoms with E-state index in [1.54, 1.807) is 0 Å². The summed E-state index contributed by atoms with van der Waals surface area (Å²) in [5.74, 6) is 0. The van der Waals surface area contributed by atoms with Crippen LogP contribution in [0.2, 0.25) is 0 Å². The Morgan fingerprint density at radius 2 is 1.35 bits per heavy atom. The highest BCUT2D eigenvalue weighted by atomic mass is 16.6. The van der Waals surface area contributed by atoms with Crippen LogP contribution in [-0.4, -0.2) is 63.1 Å². The third-order valence-corrected chi connectivity index (χ3v) is 2.87. The highest BCUT2D eigenvalue weighted by Crippen LogP contribution is 2.13. The summed E-state index contributed by atoms with van der Waals surface area (Å²) in [6, 6.07) is 0. The predicted molar refractivity (Wildman–Crippen MR) is 93.0 cm³/mol. The van der Waals surface area contributed by atoms with E-state index < -0.39 is 0 Å². The van der Waals surface area contributed by atoms with Crippen LogP contribution < -0.4 is 0 Å². The fraction of sp³-hybridized carbons (Fsp3) is 1.00. The second kappa shape index (κ2) is 12.2. The summed E-state index contributed by atoms with van der Waals surface area (Å²) >= 11 is 0. The quantitative estimate of drug-likeness (QED) is 0.455. The van der Waals surface area contributed by atoms with Gasteiger partial charge in [-0.15, -0.1) is 0 Å². The lowest BCUT2D eigenvalue weighted by Gasteiger charge is -2.29. The zero-order valence-corrected chi connectivity index (χ0v) is 16.4. The summed E-state index contributed by atoms with van der Waals surface area (Å²) in [6.45, 7) is 18.9. The second-order valence-corrected chi connectivity index (χ2v) is 7.23. The van der Waals surface area contributed by atoms with E-state index in [0.717, 1.165) is 0 Å². The van der Waals surface area contributed by atoms with Crippen molar-refractivity contribution in [3.8, 4) is 0 Å². The summed E-state index contributed by atoms with van der Waals surface area (Å²) in [5, 5.41) is 0. The standard InChI is InChI=1S/C18H38O5/c1-14(2)20-10-9-19-11-17(23-16(5)6)12-22-18(7,8)13-21-15(3)4/h14-17H,9-13H2,1-8H3. The Kier molecular flexibility index (Phi) is 12.1. The van der Waals surface area contributed by atoms with Gasteiger partial charge in [0.2, 0.25) is 0 Å². The van der Waals surface area contributed by atoms with Gasteiger partial charge < -0.3 is 23.7 Å². The van der Waals surface area contributed by atoms with E-state index in [-0.39, 0.29) is 30.0 Å². The van der Waals surface area contributed by atoms with Gasteiger partial charge in [0.25, 0.3) is 0 Å². The maximum atomic E-state index is 5.98. The van der Waals surface area contributed by atoms with Crippen molar-refractivity contribution in [3.63, 3.8) is 0 Å². The van der Waals surface area contributed by atoms with E-state index >= 15 is 0 Å². The van der Waals surface area contributed by atoms with Crippen LogP contribution in [0.5, 0.6) is 0 Å². The molecule has 0 bridgehead atoms. The molecule has 0 spiro atoms. The maximum Gasteiger partial charge on any atom is 0.104 e. The zero-order valence-electron chi connectivity index (χ0n) is 16.4. The number of ether oxygens (including phenoxy) is 5. The molecule has 0 heterocycles. The summed E-state index contributed by atoms with van der Waals surface area (Å²) in [6.07, 6.45) is 0.470. The van der Waals surface area contributed by atoms with Crippen LogP contribution in [0.25, 0.3) is 0 Å². The molecule has 0 saturated carbocycles. The SMILES string of the molecule is CC(C)OCCOCC(COC(C)(C)COC(C)C)OC(C)C. The highest BCUT2D eigenvalue weighted by Gasteiger charge is 2.22. The Balaban J connectivity index is 4.12. The van der Waals surface area contributed by atoms with Crippen molar-refractivity contribution in [2.24, 2.45) is 0 Å². The Morgan fingerprint density at radius 1 is 0.739 bits per heavy atom. The number of hydrogen-bond acceptors (Lipinski definition) is 5. The fourth-order valence-electron chi connectivity index (χ4n) is 1.80. The first-order valence-corrected chi connectivity index (χ1v) is 8.72. The minimum atomic E-state index is -0.344. The van der Waals surface area contributed by atoms with E-state index in [2.05, 4.69) is 0 Å². The molecular weight excluding hydrogens is 296 g/mol. The van der Waals surface area contributed by atoms with Crippen molar-refractivity contribution >= 4 is 0 Å². The van der Waals surface area contributed by atoms with Crippen molar-refractivity contribution < 1.29 is 23.7 Å². The molecule has 0 radical (unpaired) electrons. The largest absolute Gasteiger partial charge is 0.376 e. The first-order valence-electron chi connectivity index (χ1n) is 8.72. The van der Waals surface area contributed by atoms with Gasteiger partial charge in [-0.1, -0.05) is 0 Å². The zero-order chi connectivity index (χ0) is 17.9. The van der Waals surface area contributed by atoms with E-state index in [0.29, 0.717) is 33.0 Å². The monoisotopic (exact) mass is 334 g/mol. The Morgan fingerprint density at radius 3 is 1.87 bits per heavy atom. The third-order valence-electron chi connectivity index (χ3n) is 2.87. The third kappa shape index (κ3) is 15.1. The molecular formula is C18H38O5. The van der Waals surface area contributed by atoms with E-state index in [9.17, 15) is 0 Å². The second-order valence-electron chi connectivity index (χ2n) is 7.23. The van der Waals surface area contributed by atoms with Crippen LogP contribution in [0.15, 0.2) is 0 Å². The van der Waals surface area contributed by atoms with Crippen LogP contribution in [0.1, 0.15) is 55.4 Å². The van der Waals surface area contributed by atoms with Gasteiger partial charge in [-0.05, 0) is 55.4 Å². The van der Waals surface area contributed by atoms with Crippen molar-refractivity contribution in [2.75, 3.05) is 33.0 Å². The van der Waals surface area contributed by atoms with Crippen molar-refractivity contribution in [2.45, 2.75) is 85.4 Å². The van der Waals surface area contributed by atoms with Gasteiger partial charge in [0.15, 0.2) is 0 Å². The smallest absolute Gasteiger partial charge is 0.104 e. The molecule has 1 atom stereocenters. The molecule has 1 unspecified atom stereocenters. The van der Waals surface area contributed by atoms with Gasteiger partial charge in [-0.3, -0.25) is 0 Å². The Hall–Kier alpha value is -0.200. The molecule has 0 aromatic heterocycles. The van der Waals surface area contributed by atoms with E-state index in [1.807, 2.05) is 55.4 Å². The number of hydrogen-bond donors (Lipinski definition) is 0. The van der Waals surface area contributed by atoms with Crippen LogP contribution in [0.4, 0.5) is 0 Å². The van der Waals surface area contributed by atoms with Gasteiger partial charge >= 0.3 is 0 Å². The van der Waals surface area contributed by atoms with Gasteiger partial charge in [0.1, 0.15) is 6.10 Å². The highest BCUT2D eigenvalue weighted by molar-refractivity contribution is 4.70. The lowest BCUT2D eigenvalue weighted by Crippen LogP contribution is -2.38. The molecule has 0 aromatic rings. The van der Waals surface area contributed by atoms with Gasteiger partial charge in [-0.2, -0.15) is 0 Å². The van der Waals surface area contributed by atoms with Crippen molar-refractivity contribution in [3.05, 3.63) is 0 Å². The summed E-state index contributed by atoms with van der Waals surface area (Å²) < 4.78 is 28.6. The van der Waals surface area contributed by atoms with E-state index in [1.165, 1.54) is 0 Å². The average Bonchev–Trinajstić information content (AvgIpc) is 2.41. The minimum Gasteiger partial charge on any atom is -0.376 e. The molecule has 0 aliphatic rings. The maximum absolute atomic E-state index is 5.98. The molecule has 140 valence electrons. The average molecular weight is 334 g/mol.